The molecular formula is C27H29ClF3N5O2. The first-order valence-electron chi connectivity index (χ1n) is 12.0. The number of nitrogens with zero attached hydrogens (tertiary/aromatic N) is 4. The Morgan fingerprint density at radius 2 is 1.97 bits per heavy atom. The van der Waals surface area contributed by atoms with E-state index in [9.17, 15) is 18.0 Å². The number of aryl methyl sites for hydroxylation is 1. The number of rotatable bonds is 6. The fraction of sp³-hybridized carbons (Fsp3) is 0.333. The first-order valence-corrected chi connectivity index (χ1v) is 12.0. The highest BCUT2D eigenvalue weighted by Crippen LogP contribution is 2.33. The Morgan fingerprint density at radius 1 is 1.18 bits per heavy atom. The van der Waals surface area contributed by atoms with E-state index in [1.54, 1.807) is 9.58 Å². The molecule has 7 nitrogen and oxygen atoms in total. The monoisotopic (exact) mass is 547 g/mol. The fourth-order valence-electron chi connectivity index (χ4n) is 5.04. The number of alkyl halides is 3. The zero-order valence-electron chi connectivity index (χ0n) is 21.0. The van der Waals surface area contributed by atoms with Crippen LogP contribution in [0.5, 0.6) is 5.75 Å². The molecule has 1 aliphatic heterocycles. The van der Waals surface area contributed by atoms with E-state index in [-0.39, 0.29) is 29.8 Å². The maximum Gasteiger partial charge on any atom is 0.416 e. The number of methoxy groups -OCH3 is 1. The number of ether oxygens (including phenoxy) is 1. The number of aromatic amines is 1. The minimum atomic E-state index is -4.59. The van der Waals surface area contributed by atoms with Crippen LogP contribution in [-0.2, 0) is 26.2 Å². The summed E-state index contributed by atoms with van der Waals surface area (Å²) in [6, 6.07) is 10.9. The molecule has 2 aromatic heterocycles. The van der Waals surface area contributed by atoms with Crippen molar-refractivity contribution in [2.24, 2.45) is 7.05 Å². The smallest absolute Gasteiger partial charge is 0.416 e. The largest absolute Gasteiger partial charge is 0.497 e. The second-order valence-corrected chi connectivity index (χ2v) is 9.42. The number of fused-ring (bicyclic) bond motifs is 1. The van der Waals surface area contributed by atoms with Gasteiger partial charge >= 0.3 is 6.18 Å². The SMILES string of the molecule is COc1cc(C(=O)N2CCN(Cc3cnn(C)c3)C[C@H]2Cc2c[nH]c3ccccc23)cc(C(F)(F)F)c1.Cl. The first-order chi connectivity index (χ1) is 17.7. The van der Waals surface area contributed by atoms with Crippen molar-refractivity contribution in [1.29, 1.82) is 0 Å². The van der Waals surface area contributed by atoms with Gasteiger partial charge in [-0.15, -0.1) is 12.4 Å². The van der Waals surface area contributed by atoms with Crippen molar-refractivity contribution in [3.63, 3.8) is 0 Å². The maximum atomic E-state index is 13.7. The van der Waals surface area contributed by atoms with E-state index >= 15 is 0 Å². The third kappa shape index (κ3) is 5.81. The highest BCUT2D eigenvalue weighted by Gasteiger charge is 2.35. The van der Waals surface area contributed by atoms with Gasteiger partial charge in [0.2, 0.25) is 0 Å². The molecule has 0 unspecified atom stereocenters. The van der Waals surface area contributed by atoms with Gasteiger partial charge in [-0.05, 0) is 36.2 Å². The number of halogens is 4. The van der Waals surface area contributed by atoms with E-state index in [2.05, 4.69) is 15.0 Å². The summed E-state index contributed by atoms with van der Waals surface area (Å²) in [5.41, 5.74) is 2.19. The predicted octanol–water partition coefficient (Wildman–Crippen LogP) is 4.92. The molecule has 5 rings (SSSR count). The van der Waals surface area contributed by atoms with Crippen LogP contribution in [-0.4, -0.2) is 63.3 Å². The second kappa shape index (κ2) is 11.1. The summed E-state index contributed by atoms with van der Waals surface area (Å²) in [5.74, 6) is -0.433. The molecule has 11 heteroatoms. The molecule has 1 N–H and O–H groups in total. The van der Waals surface area contributed by atoms with Crippen molar-refractivity contribution in [2.75, 3.05) is 26.7 Å². The maximum absolute atomic E-state index is 13.7. The molecule has 0 saturated carbocycles. The van der Waals surface area contributed by atoms with Gasteiger partial charge in [-0.25, -0.2) is 0 Å². The zero-order chi connectivity index (χ0) is 26.2. The van der Waals surface area contributed by atoms with Crippen LogP contribution in [0.4, 0.5) is 13.2 Å². The van der Waals surface area contributed by atoms with Gasteiger partial charge < -0.3 is 14.6 Å². The van der Waals surface area contributed by atoms with Gasteiger partial charge in [0.1, 0.15) is 5.75 Å². The van der Waals surface area contributed by atoms with Crippen LogP contribution < -0.4 is 4.74 Å². The summed E-state index contributed by atoms with van der Waals surface area (Å²) in [6.45, 7) is 2.25. The molecule has 0 spiro atoms. The minimum Gasteiger partial charge on any atom is -0.497 e. The van der Waals surface area contributed by atoms with Gasteiger partial charge in [0, 0.05) is 73.7 Å². The van der Waals surface area contributed by atoms with Crippen molar-refractivity contribution < 1.29 is 22.7 Å². The number of nitrogens with one attached hydrogen (secondary N) is 1. The Kier molecular flexibility index (Phi) is 8.03. The third-order valence-electron chi connectivity index (χ3n) is 6.84. The van der Waals surface area contributed by atoms with Crippen molar-refractivity contribution in [2.45, 2.75) is 25.2 Å². The average molecular weight is 548 g/mol. The van der Waals surface area contributed by atoms with E-state index in [0.29, 0.717) is 32.6 Å². The molecule has 4 aromatic rings. The Morgan fingerprint density at radius 3 is 2.68 bits per heavy atom. The molecular weight excluding hydrogens is 519 g/mol. The number of H-pyrrole nitrogens is 1. The van der Waals surface area contributed by atoms with E-state index in [1.165, 1.54) is 13.2 Å². The molecule has 2 aromatic carbocycles. The summed E-state index contributed by atoms with van der Waals surface area (Å²) in [6.07, 6.45) is 1.70. The van der Waals surface area contributed by atoms with Gasteiger partial charge in [-0.3, -0.25) is 14.4 Å². The molecule has 0 bridgehead atoms. The standard InChI is InChI=1S/C27H28F3N5O2.ClH/c1-33-15-18(13-32-33)16-34-7-8-35(22(17-34)10-20-14-31-25-6-4-3-5-24(20)25)26(36)19-9-21(27(28,29)30)12-23(11-19)37-2;/h3-6,9,11-15,22,31H,7-8,10,16-17H2,1-2H3;1H/t22-;/m1./s1. The predicted molar refractivity (Wildman–Crippen MR) is 141 cm³/mol. The molecule has 1 amide bonds. The fourth-order valence-corrected chi connectivity index (χ4v) is 5.04. The van der Waals surface area contributed by atoms with Crippen molar-refractivity contribution in [3.8, 4) is 5.75 Å². The molecule has 1 aliphatic rings. The van der Waals surface area contributed by atoms with Crippen LogP contribution in [0.1, 0.15) is 27.0 Å². The molecule has 0 radical (unpaired) electrons. The summed E-state index contributed by atoms with van der Waals surface area (Å²) in [7, 11) is 3.16. The first kappa shape index (κ1) is 27.5. The van der Waals surface area contributed by atoms with Gasteiger partial charge in [-0.2, -0.15) is 18.3 Å². The van der Waals surface area contributed by atoms with Crippen LogP contribution in [0.3, 0.4) is 0 Å². The number of carbonyl (C=O) groups excluding carboxylic acids is 1. The van der Waals surface area contributed by atoms with E-state index in [1.807, 2.05) is 49.9 Å². The summed E-state index contributed by atoms with van der Waals surface area (Å²) in [5, 5.41) is 5.31. The van der Waals surface area contributed by atoms with Gasteiger partial charge in [0.15, 0.2) is 0 Å². The van der Waals surface area contributed by atoms with Crippen LogP contribution in [0, 0.1) is 0 Å². The second-order valence-electron chi connectivity index (χ2n) is 9.42. The summed E-state index contributed by atoms with van der Waals surface area (Å²) in [4.78, 5) is 20.9. The molecule has 3 heterocycles. The molecule has 1 fully saturated rings. The Balaban J connectivity index is 0.00000336. The third-order valence-corrected chi connectivity index (χ3v) is 6.84. The topological polar surface area (TPSA) is 66.4 Å². The number of aromatic nitrogens is 3. The Labute approximate surface area is 224 Å². The van der Waals surface area contributed by atoms with Crippen LogP contribution >= 0.6 is 12.4 Å². The lowest BCUT2D eigenvalue weighted by molar-refractivity contribution is -0.137. The number of amides is 1. The minimum absolute atomic E-state index is 0. The zero-order valence-corrected chi connectivity index (χ0v) is 21.9. The van der Waals surface area contributed by atoms with Crippen LogP contribution in [0.2, 0.25) is 0 Å². The van der Waals surface area contributed by atoms with Crippen molar-refractivity contribution in [1.82, 2.24) is 24.6 Å². The Bertz CT molecular complexity index is 1420. The molecule has 38 heavy (non-hydrogen) atoms. The number of benzene rings is 2. The van der Waals surface area contributed by atoms with Crippen molar-refractivity contribution in [3.05, 3.63) is 83.3 Å². The lowest BCUT2D eigenvalue weighted by atomic mass is 9.99. The van der Waals surface area contributed by atoms with E-state index in [0.717, 1.165) is 34.2 Å². The number of carbonyl (C=O) groups is 1. The lowest BCUT2D eigenvalue weighted by Crippen LogP contribution is -2.55. The van der Waals surface area contributed by atoms with Gasteiger partial charge in [-0.1, -0.05) is 18.2 Å². The lowest BCUT2D eigenvalue weighted by Gasteiger charge is -2.41. The summed E-state index contributed by atoms with van der Waals surface area (Å²) < 4.78 is 47.4. The number of para-hydroxylation sites is 1. The average Bonchev–Trinajstić information content (AvgIpc) is 3.48. The number of piperazine rings is 1. The van der Waals surface area contributed by atoms with Gasteiger partial charge in [0.25, 0.3) is 5.91 Å². The number of hydrogen-bond donors (Lipinski definition) is 1. The highest BCUT2D eigenvalue weighted by molar-refractivity contribution is 5.95. The van der Waals surface area contributed by atoms with Crippen LogP contribution in [0.25, 0.3) is 10.9 Å². The molecule has 1 atom stereocenters. The summed E-state index contributed by atoms with van der Waals surface area (Å²) >= 11 is 0. The van der Waals surface area contributed by atoms with Gasteiger partial charge in [0.05, 0.1) is 18.9 Å². The van der Waals surface area contributed by atoms with E-state index in [4.69, 9.17) is 4.74 Å². The molecule has 202 valence electrons. The van der Waals surface area contributed by atoms with Crippen LogP contribution in [0.15, 0.2) is 61.1 Å². The highest BCUT2D eigenvalue weighted by atomic mass is 35.5. The molecule has 0 aliphatic carbocycles. The normalized spacial score (nSPS) is 16.4. The Hall–Kier alpha value is -3.50. The van der Waals surface area contributed by atoms with E-state index < -0.39 is 17.6 Å². The van der Waals surface area contributed by atoms with Crippen molar-refractivity contribution >= 4 is 29.2 Å². The quantitative estimate of drug-likeness (QED) is 0.372. The number of hydrogen-bond acceptors (Lipinski definition) is 4. The molecule has 1 saturated heterocycles.